The Hall–Kier alpha value is -0.910. The van der Waals surface area contributed by atoms with Crippen LogP contribution in [0.15, 0.2) is 34.2 Å². The summed E-state index contributed by atoms with van der Waals surface area (Å²) in [5.41, 5.74) is 0.964. The molecule has 2 N–H and O–H groups in total. The summed E-state index contributed by atoms with van der Waals surface area (Å²) in [7, 11) is -0.337. The monoisotopic (exact) mass is 553 g/mol. The first kappa shape index (κ1) is 29.1. The molecule has 1 aromatic rings. The van der Waals surface area contributed by atoms with Crippen LogP contribution in [0.5, 0.6) is 0 Å². The summed E-state index contributed by atoms with van der Waals surface area (Å²) >= 11 is 0. The number of halogens is 1. The Bertz CT molecular complexity index is 726. The number of nitrogens with zero attached hydrogens (tertiary/aromatic N) is 3. The molecule has 0 unspecified atom stereocenters. The number of hydrogen-bond acceptors (Lipinski definition) is 4. The lowest BCUT2D eigenvalue weighted by Gasteiger charge is -2.30. The van der Waals surface area contributed by atoms with Gasteiger partial charge in [0, 0.05) is 45.8 Å². The van der Waals surface area contributed by atoms with Gasteiger partial charge in [-0.15, -0.1) is 24.0 Å². The molecule has 0 amide bonds. The molecular formula is C21H40IN5O2S. The van der Waals surface area contributed by atoms with E-state index in [0.717, 1.165) is 37.6 Å². The number of benzene rings is 1. The van der Waals surface area contributed by atoms with Crippen molar-refractivity contribution in [3.05, 3.63) is 29.8 Å². The second-order valence-electron chi connectivity index (χ2n) is 7.83. The van der Waals surface area contributed by atoms with E-state index >= 15 is 0 Å². The van der Waals surface area contributed by atoms with Crippen molar-refractivity contribution in [2.24, 2.45) is 4.99 Å². The average Bonchev–Trinajstić information content (AvgIpc) is 2.65. The molecule has 174 valence electrons. The lowest BCUT2D eigenvalue weighted by Crippen LogP contribution is -2.41. The zero-order chi connectivity index (χ0) is 22.0. The molecule has 0 radical (unpaired) electrons. The van der Waals surface area contributed by atoms with Crippen molar-refractivity contribution in [2.75, 3.05) is 33.7 Å². The first-order valence-corrected chi connectivity index (χ1v) is 11.8. The second-order valence-corrected chi connectivity index (χ2v) is 9.98. The second kappa shape index (κ2) is 14.2. The van der Waals surface area contributed by atoms with Crippen molar-refractivity contribution in [1.29, 1.82) is 0 Å². The molecule has 0 bridgehead atoms. The van der Waals surface area contributed by atoms with Gasteiger partial charge >= 0.3 is 0 Å². The Kier molecular flexibility index (Phi) is 13.8. The minimum atomic E-state index is -3.40. The van der Waals surface area contributed by atoms with E-state index in [2.05, 4.69) is 48.2 Å². The summed E-state index contributed by atoms with van der Waals surface area (Å²) in [5, 5.41) is 6.64. The van der Waals surface area contributed by atoms with Crippen LogP contribution in [-0.4, -0.2) is 69.4 Å². The van der Waals surface area contributed by atoms with E-state index in [0.29, 0.717) is 23.5 Å². The van der Waals surface area contributed by atoms with Crippen LogP contribution in [-0.2, 0) is 16.6 Å². The van der Waals surface area contributed by atoms with Crippen LogP contribution in [0.25, 0.3) is 0 Å². The van der Waals surface area contributed by atoms with Gasteiger partial charge in [-0.05, 0) is 58.7 Å². The molecule has 0 spiro atoms. The van der Waals surface area contributed by atoms with Gasteiger partial charge in [-0.25, -0.2) is 17.7 Å². The van der Waals surface area contributed by atoms with E-state index in [4.69, 9.17) is 0 Å². The van der Waals surface area contributed by atoms with Gasteiger partial charge < -0.3 is 10.6 Å². The van der Waals surface area contributed by atoms with Gasteiger partial charge in [0.25, 0.3) is 0 Å². The SMILES string of the molecule is CCNC(=NCc1ccc(S(=O)(=O)N(C)C)cc1)NCCCN(C(C)C)C(C)C.I. The number of hydrogen-bond donors (Lipinski definition) is 2. The van der Waals surface area contributed by atoms with Gasteiger partial charge in [0.15, 0.2) is 5.96 Å². The first-order chi connectivity index (χ1) is 13.6. The average molecular weight is 554 g/mol. The predicted molar refractivity (Wildman–Crippen MR) is 137 cm³/mol. The van der Waals surface area contributed by atoms with Gasteiger partial charge in [-0.2, -0.15) is 0 Å². The summed E-state index contributed by atoms with van der Waals surface area (Å²) < 4.78 is 25.5. The van der Waals surface area contributed by atoms with Crippen molar-refractivity contribution in [1.82, 2.24) is 19.8 Å². The maximum atomic E-state index is 12.1. The lowest BCUT2D eigenvalue weighted by atomic mass is 10.2. The van der Waals surface area contributed by atoms with Crippen LogP contribution in [0.4, 0.5) is 0 Å². The van der Waals surface area contributed by atoms with Crippen LogP contribution >= 0.6 is 24.0 Å². The van der Waals surface area contributed by atoms with E-state index in [1.165, 1.54) is 18.4 Å². The Morgan fingerprint density at radius 1 is 1.03 bits per heavy atom. The van der Waals surface area contributed by atoms with Crippen molar-refractivity contribution < 1.29 is 8.42 Å². The van der Waals surface area contributed by atoms with Crippen LogP contribution < -0.4 is 10.6 Å². The molecule has 0 aromatic heterocycles. The molecule has 0 saturated heterocycles. The summed E-state index contributed by atoms with van der Waals surface area (Å²) in [6, 6.07) is 7.96. The Morgan fingerprint density at radius 3 is 2.07 bits per heavy atom. The number of aliphatic imine (C=N–C) groups is 1. The van der Waals surface area contributed by atoms with E-state index in [1.807, 2.05) is 19.1 Å². The third kappa shape index (κ3) is 9.49. The molecule has 0 atom stereocenters. The van der Waals surface area contributed by atoms with Crippen molar-refractivity contribution in [2.45, 2.75) is 64.6 Å². The maximum Gasteiger partial charge on any atom is 0.242 e. The molecule has 7 nitrogen and oxygen atoms in total. The third-order valence-electron chi connectivity index (χ3n) is 4.68. The summed E-state index contributed by atoms with van der Waals surface area (Å²) in [4.78, 5) is 7.39. The van der Waals surface area contributed by atoms with E-state index in [1.54, 1.807) is 12.1 Å². The zero-order valence-corrected chi connectivity index (χ0v) is 22.6. The fraction of sp³-hybridized carbons (Fsp3) is 0.667. The molecule has 1 rings (SSSR count). The topological polar surface area (TPSA) is 77.0 Å². The van der Waals surface area contributed by atoms with E-state index in [9.17, 15) is 8.42 Å². The Labute approximate surface area is 200 Å². The molecule has 0 fully saturated rings. The number of guanidine groups is 1. The molecule has 0 saturated carbocycles. The van der Waals surface area contributed by atoms with Gasteiger partial charge in [-0.1, -0.05) is 12.1 Å². The van der Waals surface area contributed by atoms with Gasteiger partial charge in [0.05, 0.1) is 11.4 Å². The summed E-state index contributed by atoms with van der Waals surface area (Å²) in [6.45, 7) is 14.1. The minimum Gasteiger partial charge on any atom is -0.357 e. The molecule has 0 heterocycles. The zero-order valence-electron chi connectivity index (χ0n) is 19.5. The highest BCUT2D eigenvalue weighted by Gasteiger charge is 2.16. The smallest absolute Gasteiger partial charge is 0.242 e. The first-order valence-electron chi connectivity index (χ1n) is 10.4. The summed E-state index contributed by atoms with van der Waals surface area (Å²) in [5.74, 6) is 0.776. The van der Waals surface area contributed by atoms with Crippen molar-refractivity contribution in [3.63, 3.8) is 0 Å². The fourth-order valence-electron chi connectivity index (χ4n) is 3.07. The molecule has 1 aromatic carbocycles. The Morgan fingerprint density at radius 2 is 1.60 bits per heavy atom. The highest BCUT2D eigenvalue weighted by atomic mass is 127. The van der Waals surface area contributed by atoms with Crippen molar-refractivity contribution in [3.8, 4) is 0 Å². The van der Waals surface area contributed by atoms with Crippen LogP contribution in [0.1, 0.15) is 46.6 Å². The van der Waals surface area contributed by atoms with Crippen LogP contribution in [0.2, 0.25) is 0 Å². The maximum absolute atomic E-state index is 12.1. The number of rotatable bonds is 11. The normalized spacial score (nSPS) is 12.6. The van der Waals surface area contributed by atoms with Gasteiger partial charge in [0.2, 0.25) is 10.0 Å². The highest BCUT2D eigenvalue weighted by molar-refractivity contribution is 14.0. The fourth-order valence-corrected chi connectivity index (χ4v) is 3.97. The number of nitrogens with one attached hydrogen (secondary N) is 2. The minimum absolute atomic E-state index is 0. The third-order valence-corrected chi connectivity index (χ3v) is 6.51. The molecular weight excluding hydrogens is 513 g/mol. The standard InChI is InChI=1S/C21H39N5O2S.HI/c1-8-22-21(23-14-9-15-26(17(2)3)18(4)5)24-16-19-10-12-20(13-11-19)29(27,28)25(6)7;/h10-13,17-18H,8-9,14-16H2,1-7H3,(H2,22,23,24);1H. The number of sulfonamides is 1. The molecule has 30 heavy (non-hydrogen) atoms. The molecule has 0 aliphatic carbocycles. The molecule has 9 heteroatoms. The van der Waals surface area contributed by atoms with Crippen molar-refractivity contribution >= 4 is 40.0 Å². The van der Waals surface area contributed by atoms with Crippen LogP contribution in [0, 0.1) is 0 Å². The molecule has 0 aliphatic heterocycles. The molecule has 0 aliphatic rings. The highest BCUT2D eigenvalue weighted by Crippen LogP contribution is 2.14. The van der Waals surface area contributed by atoms with Crippen LogP contribution in [0.3, 0.4) is 0 Å². The quantitative estimate of drug-likeness (QED) is 0.191. The van der Waals surface area contributed by atoms with E-state index < -0.39 is 10.0 Å². The lowest BCUT2D eigenvalue weighted by molar-refractivity contribution is 0.173. The van der Waals surface area contributed by atoms with Gasteiger partial charge in [0.1, 0.15) is 0 Å². The van der Waals surface area contributed by atoms with Gasteiger partial charge in [-0.3, -0.25) is 4.90 Å². The largest absolute Gasteiger partial charge is 0.357 e. The predicted octanol–water partition coefficient (Wildman–Crippen LogP) is 3.12. The summed E-state index contributed by atoms with van der Waals surface area (Å²) in [6.07, 6.45) is 1.04. The van der Waals surface area contributed by atoms with E-state index in [-0.39, 0.29) is 24.0 Å². The Balaban J connectivity index is 0.00000841.